The normalized spacial score (nSPS) is 14.7. The van der Waals surface area contributed by atoms with Crippen molar-refractivity contribution in [2.24, 2.45) is 0 Å². The zero-order chi connectivity index (χ0) is 19.1. The summed E-state index contributed by atoms with van der Waals surface area (Å²) >= 11 is 3.14. The molecule has 0 saturated carbocycles. The van der Waals surface area contributed by atoms with Crippen molar-refractivity contribution >= 4 is 33.9 Å². The second-order valence-corrected chi connectivity index (χ2v) is 6.64. The molecule has 0 aliphatic carbocycles. The van der Waals surface area contributed by atoms with Crippen LogP contribution in [0.3, 0.4) is 0 Å². The van der Waals surface area contributed by atoms with Crippen LogP contribution >= 0.6 is 15.9 Å². The molecule has 0 aromatic heterocycles. The van der Waals surface area contributed by atoms with Crippen molar-refractivity contribution in [1.29, 1.82) is 0 Å². The van der Waals surface area contributed by atoms with Gasteiger partial charge in [0.25, 0.3) is 5.91 Å². The van der Waals surface area contributed by atoms with Crippen LogP contribution < -0.4 is 5.32 Å². The number of hydrogen-bond donors (Lipinski definition) is 1. The fourth-order valence-corrected chi connectivity index (χ4v) is 2.91. The number of carbonyl (C=O) groups is 3. The number of piperidine rings is 1. The van der Waals surface area contributed by atoms with E-state index in [4.69, 9.17) is 9.47 Å². The quantitative estimate of drug-likeness (QED) is 0.725. The smallest absolute Gasteiger partial charge is 0.409 e. The molecule has 2 amide bonds. The zero-order valence-corrected chi connectivity index (χ0v) is 15.9. The van der Waals surface area contributed by atoms with E-state index in [1.165, 1.54) is 12.1 Å². The highest BCUT2D eigenvalue weighted by atomic mass is 79.9. The van der Waals surface area contributed by atoms with E-state index < -0.39 is 24.3 Å². The topological polar surface area (TPSA) is 84.9 Å². The molecule has 0 atom stereocenters. The standard InChI is InChI=1S/C17H20BrFN2O5/c1-2-25-17(24)21-7-5-12(6-8-21)20-15(22)10-26-16(23)13-9-11(18)3-4-14(13)19/h3-4,9,12H,2,5-8,10H2,1H3,(H,20,22). The third-order valence-corrected chi connectivity index (χ3v) is 4.36. The highest BCUT2D eigenvalue weighted by Crippen LogP contribution is 2.16. The van der Waals surface area contributed by atoms with E-state index in [0.29, 0.717) is 37.0 Å². The van der Waals surface area contributed by atoms with Crippen molar-refractivity contribution in [2.75, 3.05) is 26.3 Å². The lowest BCUT2D eigenvalue weighted by Crippen LogP contribution is -2.47. The van der Waals surface area contributed by atoms with Gasteiger partial charge in [-0.3, -0.25) is 4.79 Å². The molecule has 0 unspecified atom stereocenters. The van der Waals surface area contributed by atoms with Crippen molar-refractivity contribution in [3.63, 3.8) is 0 Å². The van der Waals surface area contributed by atoms with Gasteiger partial charge in [-0.2, -0.15) is 0 Å². The maximum absolute atomic E-state index is 13.6. The number of rotatable bonds is 5. The fourth-order valence-electron chi connectivity index (χ4n) is 2.55. The summed E-state index contributed by atoms with van der Waals surface area (Å²) in [5, 5.41) is 2.75. The molecule has 1 aliphatic heterocycles. The SMILES string of the molecule is CCOC(=O)N1CCC(NC(=O)COC(=O)c2cc(Br)ccc2F)CC1. The Morgan fingerprint density at radius 2 is 1.96 bits per heavy atom. The Bertz CT molecular complexity index is 677. The highest BCUT2D eigenvalue weighted by molar-refractivity contribution is 9.10. The van der Waals surface area contributed by atoms with Crippen LogP contribution in [0.15, 0.2) is 22.7 Å². The number of amides is 2. The Morgan fingerprint density at radius 1 is 1.27 bits per heavy atom. The molecule has 1 heterocycles. The van der Waals surface area contributed by atoms with Gasteiger partial charge < -0.3 is 19.7 Å². The molecule has 142 valence electrons. The summed E-state index contributed by atoms with van der Waals surface area (Å²) in [5.74, 6) is -2.09. The summed E-state index contributed by atoms with van der Waals surface area (Å²) in [4.78, 5) is 37.0. The Hall–Kier alpha value is -2.16. The minimum absolute atomic E-state index is 0.116. The number of esters is 1. The Kier molecular flexibility index (Phi) is 7.38. The van der Waals surface area contributed by atoms with Gasteiger partial charge in [0.05, 0.1) is 12.2 Å². The number of nitrogens with zero attached hydrogens (tertiary/aromatic N) is 1. The van der Waals surface area contributed by atoms with Gasteiger partial charge in [0.1, 0.15) is 5.82 Å². The minimum atomic E-state index is -0.906. The number of halogens is 2. The van der Waals surface area contributed by atoms with Crippen LogP contribution in [0, 0.1) is 5.82 Å². The van der Waals surface area contributed by atoms with Gasteiger partial charge >= 0.3 is 12.1 Å². The predicted molar refractivity (Wildman–Crippen MR) is 94.1 cm³/mol. The molecule has 1 N–H and O–H groups in total. The second kappa shape index (κ2) is 9.51. The van der Waals surface area contributed by atoms with Gasteiger partial charge in [-0.05, 0) is 38.0 Å². The summed E-state index contributed by atoms with van der Waals surface area (Å²) < 4.78 is 23.9. The first-order valence-electron chi connectivity index (χ1n) is 8.24. The fraction of sp³-hybridized carbons (Fsp3) is 0.471. The molecule has 1 aromatic rings. The third kappa shape index (κ3) is 5.69. The van der Waals surface area contributed by atoms with E-state index in [2.05, 4.69) is 21.2 Å². The van der Waals surface area contributed by atoms with E-state index in [-0.39, 0.29) is 17.7 Å². The first-order chi connectivity index (χ1) is 12.4. The average molecular weight is 431 g/mol. The molecule has 0 bridgehead atoms. The lowest BCUT2D eigenvalue weighted by molar-refractivity contribution is -0.125. The lowest BCUT2D eigenvalue weighted by Gasteiger charge is -2.31. The molecule has 7 nitrogen and oxygen atoms in total. The summed E-state index contributed by atoms with van der Waals surface area (Å²) in [6, 6.07) is 3.77. The van der Waals surface area contributed by atoms with Crippen molar-refractivity contribution in [2.45, 2.75) is 25.8 Å². The lowest BCUT2D eigenvalue weighted by atomic mass is 10.1. The number of ether oxygens (including phenoxy) is 2. The second-order valence-electron chi connectivity index (χ2n) is 5.73. The number of hydrogen-bond acceptors (Lipinski definition) is 5. The molecule has 1 saturated heterocycles. The van der Waals surface area contributed by atoms with Crippen LogP contribution in [0.1, 0.15) is 30.1 Å². The minimum Gasteiger partial charge on any atom is -0.452 e. The number of likely N-dealkylation sites (tertiary alicyclic amines) is 1. The molecule has 1 aromatic carbocycles. The van der Waals surface area contributed by atoms with Crippen LogP contribution in [-0.4, -0.2) is 55.2 Å². The molecule has 2 rings (SSSR count). The molecule has 1 aliphatic rings. The van der Waals surface area contributed by atoms with Crippen LogP contribution in [-0.2, 0) is 14.3 Å². The maximum Gasteiger partial charge on any atom is 0.409 e. The van der Waals surface area contributed by atoms with Gasteiger partial charge in [0, 0.05) is 23.6 Å². The van der Waals surface area contributed by atoms with E-state index in [1.54, 1.807) is 11.8 Å². The monoisotopic (exact) mass is 430 g/mol. The van der Waals surface area contributed by atoms with Crippen LogP contribution in [0.4, 0.5) is 9.18 Å². The largest absolute Gasteiger partial charge is 0.452 e. The first-order valence-corrected chi connectivity index (χ1v) is 9.03. The molecule has 9 heteroatoms. The number of nitrogens with one attached hydrogen (secondary N) is 1. The summed E-state index contributed by atoms with van der Waals surface area (Å²) in [6.45, 7) is 2.52. The average Bonchev–Trinajstić information content (AvgIpc) is 2.62. The number of carbonyl (C=O) groups excluding carboxylic acids is 3. The van der Waals surface area contributed by atoms with Crippen LogP contribution in [0.2, 0.25) is 0 Å². The van der Waals surface area contributed by atoms with E-state index in [9.17, 15) is 18.8 Å². The van der Waals surface area contributed by atoms with Crippen molar-refractivity contribution in [3.05, 3.63) is 34.1 Å². The zero-order valence-electron chi connectivity index (χ0n) is 14.3. The predicted octanol–water partition coefficient (Wildman–Crippen LogP) is 2.48. The van der Waals surface area contributed by atoms with Gasteiger partial charge in [0.15, 0.2) is 6.61 Å². The summed E-state index contributed by atoms with van der Waals surface area (Å²) in [7, 11) is 0. The Balaban J connectivity index is 1.75. The van der Waals surface area contributed by atoms with Crippen LogP contribution in [0.25, 0.3) is 0 Å². The number of benzene rings is 1. The molecule has 0 radical (unpaired) electrons. The summed E-state index contributed by atoms with van der Waals surface area (Å²) in [5.41, 5.74) is -0.241. The molecular formula is C17H20BrFN2O5. The van der Waals surface area contributed by atoms with Crippen LogP contribution in [0.5, 0.6) is 0 Å². The van der Waals surface area contributed by atoms with Crippen molar-refractivity contribution in [1.82, 2.24) is 10.2 Å². The van der Waals surface area contributed by atoms with Crippen molar-refractivity contribution < 1.29 is 28.2 Å². The molecular weight excluding hydrogens is 411 g/mol. The molecule has 1 fully saturated rings. The van der Waals surface area contributed by atoms with E-state index >= 15 is 0 Å². The van der Waals surface area contributed by atoms with Gasteiger partial charge in [-0.25, -0.2) is 14.0 Å². The Morgan fingerprint density at radius 3 is 2.62 bits per heavy atom. The van der Waals surface area contributed by atoms with E-state index in [1.807, 2.05) is 0 Å². The molecule has 26 heavy (non-hydrogen) atoms. The van der Waals surface area contributed by atoms with E-state index in [0.717, 1.165) is 6.07 Å². The summed E-state index contributed by atoms with van der Waals surface area (Å²) in [6.07, 6.45) is 0.805. The first kappa shape index (κ1) is 20.2. The van der Waals surface area contributed by atoms with Gasteiger partial charge in [0.2, 0.25) is 0 Å². The molecule has 0 spiro atoms. The highest BCUT2D eigenvalue weighted by Gasteiger charge is 2.25. The van der Waals surface area contributed by atoms with Crippen molar-refractivity contribution in [3.8, 4) is 0 Å². The third-order valence-electron chi connectivity index (χ3n) is 3.87. The Labute approximate surface area is 158 Å². The van der Waals surface area contributed by atoms with Gasteiger partial charge in [-0.1, -0.05) is 15.9 Å². The van der Waals surface area contributed by atoms with Gasteiger partial charge in [-0.15, -0.1) is 0 Å². The maximum atomic E-state index is 13.6.